The minimum absolute atomic E-state index is 0.122. The van der Waals surface area contributed by atoms with Crippen molar-refractivity contribution in [3.63, 3.8) is 0 Å². The number of hydrogen-bond donors (Lipinski definition) is 2. The number of rotatable bonds is 3. The fraction of sp³-hybridized carbons (Fsp3) is 0.615. The van der Waals surface area contributed by atoms with Crippen LogP contribution in [0.3, 0.4) is 0 Å². The second kappa shape index (κ2) is 5.52. The second-order valence-corrected chi connectivity index (χ2v) is 5.31. The summed E-state index contributed by atoms with van der Waals surface area (Å²) < 4.78 is 5.63. The highest BCUT2D eigenvalue weighted by molar-refractivity contribution is 5.92. The molecule has 0 radical (unpaired) electrons. The predicted molar refractivity (Wildman–Crippen MR) is 72.1 cm³/mol. The van der Waals surface area contributed by atoms with Gasteiger partial charge >= 0.3 is 0 Å². The lowest BCUT2D eigenvalue weighted by Gasteiger charge is -2.35. The topological polar surface area (TPSA) is 76.1 Å². The van der Waals surface area contributed by atoms with Crippen LogP contribution in [0.2, 0.25) is 0 Å². The number of ether oxygens (including phenoxy) is 1. The van der Waals surface area contributed by atoms with Crippen LogP contribution in [-0.4, -0.2) is 41.2 Å². The third-order valence-corrected chi connectivity index (χ3v) is 3.16. The van der Waals surface area contributed by atoms with Crippen LogP contribution >= 0.6 is 0 Å². The minimum atomic E-state index is -0.188. The van der Waals surface area contributed by atoms with Crippen molar-refractivity contribution in [1.82, 2.24) is 15.3 Å². The standard InChI is InChI=1S/C13H20N4O2/c1-13(2)6-9(4-5-19-13)16-12(18)10-7-15-8-11(14-3)17-10/h7-9H,4-6H2,1-3H3,(H,14,17)(H,16,18). The first-order valence-corrected chi connectivity index (χ1v) is 6.45. The van der Waals surface area contributed by atoms with Crippen LogP contribution in [-0.2, 0) is 4.74 Å². The summed E-state index contributed by atoms with van der Waals surface area (Å²) in [7, 11) is 1.74. The van der Waals surface area contributed by atoms with Gasteiger partial charge in [0.1, 0.15) is 11.5 Å². The number of aromatic nitrogens is 2. The summed E-state index contributed by atoms with van der Waals surface area (Å²) in [6.45, 7) is 4.74. The molecular weight excluding hydrogens is 244 g/mol. The van der Waals surface area contributed by atoms with Gasteiger partial charge in [-0.3, -0.25) is 9.78 Å². The molecule has 1 aliphatic heterocycles. The van der Waals surface area contributed by atoms with Crippen LogP contribution < -0.4 is 10.6 Å². The predicted octanol–water partition coefficient (Wildman–Crippen LogP) is 1.21. The van der Waals surface area contributed by atoms with E-state index in [1.165, 1.54) is 6.20 Å². The molecule has 1 unspecified atom stereocenters. The fourth-order valence-electron chi connectivity index (χ4n) is 2.21. The summed E-state index contributed by atoms with van der Waals surface area (Å²) in [5.74, 6) is 0.396. The molecule has 19 heavy (non-hydrogen) atoms. The quantitative estimate of drug-likeness (QED) is 0.858. The third kappa shape index (κ3) is 3.64. The molecule has 0 saturated carbocycles. The summed E-state index contributed by atoms with van der Waals surface area (Å²) in [6, 6.07) is 0.122. The highest BCUT2D eigenvalue weighted by atomic mass is 16.5. The molecule has 6 nitrogen and oxygen atoms in total. The number of hydrogen-bond acceptors (Lipinski definition) is 5. The fourth-order valence-corrected chi connectivity index (χ4v) is 2.21. The summed E-state index contributed by atoms with van der Waals surface area (Å²) in [5.41, 5.74) is 0.144. The van der Waals surface area contributed by atoms with Crippen molar-refractivity contribution in [2.75, 3.05) is 19.0 Å². The molecule has 1 aromatic heterocycles. The van der Waals surface area contributed by atoms with Crippen LogP contribution in [0.1, 0.15) is 37.2 Å². The Morgan fingerprint density at radius 2 is 2.26 bits per heavy atom. The van der Waals surface area contributed by atoms with E-state index in [0.717, 1.165) is 12.8 Å². The largest absolute Gasteiger partial charge is 0.375 e. The normalized spacial score (nSPS) is 21.7. The van der Waals surface area contributed by atoms with Gasteiger partial charge in [0.2, 0.25) is 0 Å². The van der Waals surface area contributed by atoms with E-state index in [1.807, 2.05) is 13.8 Å². The van der Waals surface area contributed by atoms with Gasteiger partial charge in [0.25, 0.3) is 5.91 Å². The van der Waals surface area contributed by atoms with Crippen LogP contribution in [0.25, 0.3) is 0 Å². The Balaban J connectivity index is 2.00. The summed E-state index contributed by atoms with van der Waals surface area (Å²) in [6.07, 6.45) is 4.68. The monoisotopic (exact) mass is 264 g/mol. The van der Waals surface area contributed by atoms with Crippen molar-refractivity contribution in [1.29, 1.82) is 0 Å². The smallest absolute Gasteiger partial charge is 0.271 e. The Kier molecular flexibility index (Phi) is 3.99. The van der Waals surface area contributed by atoms with E-state index >= 15 is 0 Å². The molecule has 1 amide bonds. The summed E-state index contributed by atoms with van der Waals surface area (Å²) in [4.78, 5) is 20.3. The van der Waals surface area contributed by atoms with Crippen molar-refractivity contribution in [3.8, 4) is 0 Å². The Morgan fingerprint density at radius 1 is 1.47 bits per heavy atom. The first kappa shape index (κ1) is 13.7. The third-order valence-electron chi connectivity index (χ3n) is 3.16. The zero-order valence-corrected chi connectivity index (χ0v) is 11.6. The van der Waals surface area contributed by atoms with Crippen molar-refractivity contribution in [2.24, 2.45) is 0 Å². The van der Waals surface area contributed by atoms with Gasteiger partial charge in [-0.15, -0.1) is 0 Å². The zero-order chi connectivity index (χ0) is 13.9. The highest BCUT2D eigenvalue weighted by Crippen LogP contribution is 2.24. The SMILES string of the molecule is CNc1cncc(C(=O)NC2CCOC(C)(C)C2)n1. The lowest BCUT2D eigenvalue weighted by Crippen LogP contribution is -2.46. The first-order valence-electron chi connectivity index (χ1n) is 6.45. The average Bonchev–Trinajstić information content (AvgIpc) is 2.37. The van der Waals surface area contributed by atoms with E-state index in [2.05, 4.69) is 20.6 Å². The van der Waals surface area contributed by atoms with Gasteiger partial charge in [-0.2, -0.15) is 0 Å². The molecule has 0 aromatic carbocycles. The average molecular weight is 264 g/mol. The molecule has 1 aliphatic rings. The number of nitrogens with one attached hydrogen (secondary N) is 2. The molecule has 0 aliphatic carbocycles. The van der Waals surface area contributed by atoms with E-state index in [0.29, 0.717) is 18.1 Å². The maximum atomic E-state index is 12.1. The number of carbonyl (C=O) groups is 1. The molecule has 1 saturated heterocycles. The highest BCUT2D eigenvalue weighted by Gasteiger charge is 2.30. The molecule has 1 atom stereocenters. The van der Waals surface area contributed by atoms with E-state index in [1.54, 1.807) is 13.2 Å². The van der Waals surface area contributed by atoms with Gasteiger partial charge < -0.3 is 15.4 Å². The number of anilines is 1. The van der Waals surface area contributed by atoms with Crippen LogP contribution in [0, 0.1) is 0 Å². The Morgan fingerprint density at radius 3 is 2.95 bits per heavy atom. The Bertz CT molecular complexity index is 462. The van der Waals surface area contributed by atoms with Crippen LogP contribution in [0.15, 0.2) is 12.4 Å². The van der Waals surface area contributed by atoms with Crippen molar-refractivity contribution in [3.05, 3.63) is 18.1 Å². The minimum Gasteiger partial charge on any atom is -0.375 e. The van der Waals surface area contributed by atoms with Gasteiger partial charge in [0, 0.05) is 19.7 Å². The van der Waals surface area contributed by atoms with Crippen LogP contribution in [0.5, 0.6) is 0 Å². The lowest BCUT2D eigenvalue weighted by atomic mass is 9.94. The van der Waals surface area contributed by atoms with Crippen molar-refractivity contribution in [2.45, 2.75) is 38.3 Å². The van der Waals surface area contributed by atoms with E-state index < -0.39 is 0 Å². The molecule has 1 fully saturated rings. The van der Waals surface area contributed by atoms with E-state index in [9.17, 15) is 4.79 Å². The zero-order valence-electron chi connectivity index (χ0n) is 11.6. The maximum Gasteiger partial charge on any atom is 0.271 e. The van der Waals surface area contributed by atoms with Gasteiger partial charge in [-0.25, -0.2) is 4.98 Å². The molecule has 0 bridgehead atoms. The van der Waals surface area contributed by atoms with Gasteiger partial charge in [-0.05, 0) is 26.7 Å². The molecule has 2 N–H and O–H groups in total. The molecule has 104 valence electrons. The number of nitrogens with zero attached hydrogens (tertiary/aromatic N) is 2. The number of amides is 1. The molecule has 6 heteroatoms. The Labute approximate surface area is 113 Å². The molecule has 1 aromatic rings. The number of carbonyl (C=O) groups excluding carboxylic acids is 1. The molecular formula is C13H20N4O2. The van der Waals surface area contributed by atoms with Gasteiger partial charge in [0.05, 0.1) is 18.0 Å². The van der Waals surface area contributed by atoms with Crippen molar-refractivity contribution < 1.29 is 9.53 Å². The van der Waals surface area contributed by atoms with E-state index in [-0.39, 0.29) is 17.6 Å². The Hall–Kier alpha value is -1.69. The summed E-state index contributed by atoms with van der Waals surface area (Å²) >= 11 is 0. The molecule has 2 heterocycles. The van der Waals surface area contributed by atoms with Gasteiger partial charge in [-0.1, -0.05) is 0 Å². The lowest BCUT2D eigenvalue weighted by molar-refractivity contribution is -0.0615. The van der Waals surface area contributed by atoms with Crippen molar-refractivity contribution >= 4 is 11.7 Å². The molecule has 0 spiro atoms. The van der Waals surface area contributed by atoms with E-state index in [4.69, 9.17) is 4.74 Å². The summed E-state index contributed by atoms with van der Waals surface area (Å²) in [5, 5.41) is 5.86. The maximum absolute atomic E-state index is 12.1. The molecule has 2 rings (SSSR count). The van der Waals surface area contributed by atoms with Gasteiger partial charge in [0.15, 0.2) is 0 Å². The van der Waals surface area contributed by atoms with Crippen LogP contribution in [0.4, 0.5) is 5.82 Å². The first-order chi connectivity index (χ1) is 9.00. The second-order valence-electron chi connectivity index (χ2n) is 5.31.